The first kappa shape index (κ1) is 49.8. The van der Waals surface area contributed by atoms with Crippen molar-refractivity contribution in [1.29, 1.82) is 0 Å². The van der Waals surface area contributed by atoms with E-state index in [2.05, 4.69) is 30.7 Å². The van der Waals surface area contributed by atoms with Crippen molar-refractivity contribution < 1.29 is 69.4 Å². The van der Waals surface area contributed by atoms with E-state index < -0.39 is 0 Å². The number of carbonyl (C=O) groups is 2. The van der Waals surface area contributed by atoms with Gasteiger partial charge >= 0.3 is 41.5 Å². The van der Waals surface area contributed by atoms with Crippen LogP contribution in [0.2, 0.25) is 0 Å². The van der Waals surface area contributed by atoms with Crippen molar-refractivity contribution in [2.24, 2.45) is 0 Å². The van der Waals surface area contributed by atoms with Crippen LogP contribution in [0.4, 0.5) is 0 Å². The summed E-state index contributed by atoms with van der Waals surface area (Å²) in [6.45, 7) is 33.4. The van der Waals surface area contributed by atoms with Gasteiger partial charge in [0.2, 0.25) is 0 Å². The van der Waals surface area contributed by atoms with Gasteiger partial charge in [-0.1, -0.05) is 44.7 Å². The number of rotatable bonds is 4. The number of ether oxygens (including phenoxy) is 2. The number of hydrogen-bond donors (Lipinski definition) is 3. The van der Waals surface area contributed by atoms with Gasteiger partial charge in [-0.05, 0) is 51.4 Å². The van der Waals surface area contributed by atoms with Crippen LogP contribution >= 0.6 is 0 Å². The molecule has 4 aliphatic carbocycles. The summed E-state index contributed by atoms with van der Waals surface area (Å²) in [5.41, 5.74) is 2.87. The van der Waals surface area contributed by atoms with Crippen molar-refractivity contribution in [2.75, 3.05) is 0 Å². The standard InChI is InChI=1S/C10H13NO2.3C7H9NO.C5H8O2.Na.H2O/c1-3-10(12)13-9-6-4-5-8(7-9)11-2;3*1-8-6-3-2-4-7(9)5-6;1-3-5(6)7-4-2;;/h5,9H,3-4,6-7H2,1H3;3*3,7,9H,2,4-5H2;4H,2-3H2,1H3;;1H2/q;;;;;+1;/p-1/t9-;2*7-;;;;/m010..../s1. The van der Waals surface area contributed by atoms with Crippen LogP contribution in [0.5, 0.6) is 0 Å². The van der Waals surface area contributed by atoms with Gasteiger partial charge in [-0.15, -0.1) is 0 Å². The molecule has 4 atom stereocenters. The molecule has 0 spiro atoms. The van der Waals surface area contributed by atoms with E-state index in [0.29, 0.717) is 55.6 Å². The molecule has 0 fully saturated rings. The molecule has 262 valence electrons. The Kier molecular flexibility index (Phi) is 32.2. The minimum absolute atomic E-state index is 0. The zero-order valence-corrected chi connectivity index (χ0v) is 31.0. The fourth-order valence-corrected chi connectivity index (χ4v) is 4.37. The van der Waals surface area contributed by atoms with E-state index in [-0.39, 0.29) is 71.4 Å². The normalized spacial score (nSPS) is 21.5. The summed E-state index contributed by atoms with van der Waals surface area (Å²) in [6.07, 6.45) is 17.7. The van der Waals surface area contributed by atoms with Gasteiger partial charge in [0, 0.05) is 56.8 Å². The Hall–Kier alpha value is -3.56. The second-order valence-corrected chi connectivity index (χ2v) is 10.8. The SMILES string of the molecule is C=COC(=O)CC.[C-]#[N+]C1=CCCC(O)C1.[C-]#[N+]C1=CCC[C@@H](O)C1.[C-]#[N+]C1=CCC[C@H](O)C1.[C-]#[N+]C1=CCC[C@H](OC(=O)CC)C1.[Na+].[OH-]. The molecule has 0 bridgehead atoms. The minimum atomic E-state index is -0.265. The maximum absolute atomic E-state index is 11.0. The van der Waals surface area contributed by atoms with Crippen LogP contribution in [0.1, 0.15) is 104 Å². The van der Waals surface area contributed by atoms with Gasteiger partial charge < -0.3 is 30.3 Å². The van der Waals surface area contributed by atoms with Gasteiger partial charge in [-0.3, -0.25) is 9.59 Å². The Labute approximate surface area is 313 Å². The molecule has 0 aromatic carbocycles. The number of allylic oxidation sites excluding steroid dienone is 4. The summed E-state index contributed by atoms with van der Waals surface area (Å²) in [7, 11) is 0. The van der Waals surface area contributed by atoms with Crippen LogP contribution in [-0.2, 0) is 19.1 Å². The minimum Gasteiger partial charge on any atom is -0.870 e. The fourth-order valence-electron chi connectivity index (χ4n) is 4.37. The fraction of sp³-hybridized carbons (Fsp3) is 0.556. The van der Waals surface area contributed by atoms with E-state index in [1.165, 1.54) is 0 Å². The van der Waals surface area contributed by atoms with Crippen molar-refractivity contribution in [2.45, 2.75) is 128 Å². The van der Waals surface area contributed by atoms with Crippen LogP contribution in [0, 0.1) is 26.3 Å². The molecule has 0 heterocycles. The summed E-state index contributed by atoms with van der Waals surface area (Å²) < 4.78 is 9.47. The summed E-state index contributed by atoms with van der Waals surface area (Å²) in [4.78, 5) is 34.2. The van der Waals surface area contributed by atoms with Crippen molar-refractivity contribution in [3.63, 3.8) is 0 Å². The molecular formula is C36H49N4NaO8. The Morgan fingerprint density at radius 1 is 0.694 bits per heavy atom. The van der Waals surface area contributed by atoms with E-state index in [1.807, 2.05) is 24.3 Å². The Morgan fingerprint density at radius 2 is 1.02 bits per heavy atom. The Bertz CT molecular complexity index is 1200. The van der Waals surface area contributed by atoms with Crippen molar-refractivity contribution in [3.8, 4) is 0 Å². The van der Waals surface area contributed by atoms with Crippen LogP contribution in [0.25, 0.3) is 19.4 Å². The predicted molar refractivity (Wildman–Crippen MR) is 181 cm³/mol. The molecule has 0 amide bonds. The molecule has 12 nitrogen and oxygen atoms in total. The van der Waals surface area contributed by atoms with Crippen molar-refractivity contribution in [1.82, 2.24) is 0 Å². The second-order valence-electron chi connectivity index (χ2n) is 10.8. The Balaban J connectivity index is -0.000000542. The average Bonchev–Trinajstić information content (AvgIpc) is 3.09. The molecule has 13 heteroatoms. The number of aliphatic hydroxyl groups is 3. The summed E-state index contributed by atoms with van der Waals surface area (Å²) >= 11 is 0. The monoisotopic (exact) mass is 688 g/mol. The summed E-state index contributed by atoms with van der Waals surface area (Å²) in [6, 6.07) is 0. The molecule has 4 rings (SSSR count). The zero-order chi connectivity index (χ0) is 35.5. The second kappa shape index (κ2) is 31.7. The van der Waals surface area contributed by atoms with E-state index >= 15 is 0 Å². The third-order valence-electron chi connectivity index (χ3n) is 6.94. The first-order chi connectivity index (χ1) is 22.5. The number of carbonyl (C=O) groups excluding carboxylic acids is 2. The number of aliphatic hydroxyl groups excluding tert-OH is 3. The molecule has 4 aliphatic rings. The van der Waals surface area contributed by atoms with E-state index in [4.69, 9.17) is 46.3 Å². The smallest absolute Gasteiger partial charge is 0.870 e. The maximum Gasteiger partial charge on any atom is 1.00 e. The largest absolute Gasteiger partial charge is 1.00 e. The van der Waals surface area contributed by atoms with Crippen LogP contribution in [-0.4, -0.2) is 57.2 Å². The first-order valence-electron chi connectivity index (χ1n) is 15.8. The molecule has 0 saturated heterocycles. The van der Waals surface area contributed by atoms with Gasteiger partial charge in [0.15, 0.2) is 22.8 Å². The predicted octanol–water partition coefficient (Wildman–Crippen LogP) is 4.21. The number of hydrogen-bond acceptors (Lipinski definition) is 8. The molecule has 0 radical (unpaired) electrons. The molecule has 0 aromatic heterocycles. The first-order valence-corrected chi connectivity index (χ1v) is 15.8. The number of esters is 2. The van der Waals surface area contributed by atoms with Crippen molar-refractivity contribution >= 4 is 11.9 Å². The van der Waals surface area contributed by atoms with Gasteiger partial charge in [0.25, 0.3) is 0 Å². The van der Waals surface area contributed by atoms with E-state index in [0.717, 1.165) is 63.3 Å². The molecule has 4 N–H and O–H groups in total. The molecule has 1 unspecified atom stereocenters. The van der Waals surface area contributed by atoms with Gasteiger partial charge in [0.05, 0.1) is 38.7 Å². The third-order valence-corrected chi connectivity index (χ3v) is 6.94. The van der Waals surface area contributed by atoms with Crippen LogP contribution in [0.3, 0.4) is 0 Å². The van der Waals surface area contributed by atoms with E-state index in [1.54, 1.807) is 13.8 Å². The van der Waals surface area contributed by atoms with E-state index in [9.17, 15) is 9.59 Å². The third kappa shape index (κ3) is 26.0. The molecule has 0 aromatic rings. The molecule has 0 saturated carbocycles. The van der Waals surface area contributed by atoms with Gasteiger partial charge in [-0.25, -0.2) is 19.4 Å². The van der Waals surface area contributed by atoms with Gasteiger partial charge in [0.1, 0.15) is 0 Å². The molecule has 49 heavy (non-hydrogen) atoms. The summed E-state index contributed by atoms with van der Waals surface area (Å²) in [5, 5.41) is 27.1. The van der Waals surface area contributed by atoms with Crippen LogP contribution in [0.15, 0.2) is 59.9 Å². The molecule has 0 aliphatic heterocycles. The van der Waals surface area contributed by atoms with Crippen molar-refractivity contribution in [3.05, 3.63) is 106 Å². The van der Waals surface area contributed by atoms with Gasteiger partial charge in [-0.2, -0.15) is 0 Å². The maximum atomic E-state index is 11.0. The summed E-state index contributed by atoms with van der Waals surface area (Å²) in [5.74, 6) is -0.411. The number of nitrogens with zero attached hydrogens (tertiary/aromatic N) is 4. The topological polar surface area (TPSA) is 161 Å². The quantitative estimate of drug-likeness (QED) is 0.171. The zero-order valence-electron chi connectivity index (χ0n) is 29.0. The average molecular weight is 689 g/mol. The Morgan fingerprint density at radius 3 is 1.27 bits per heavy atom. The molecular weight excluding hydrogens is 639 g/mol. The van der Waals surface area contributed by atoms with Crippen LogP contribution < -0.4 is 29.6 Å².